The highest BCUT2D eigenvalue weighted by Gasteiger charge is 2.30. The Hall–Kier alpha value is -7.89. The summed E-state index contributed by atoms with van der Waals surface area (Å²) >= 11 is 0. The van der Waals surface area contributed by atoms with Crippen molar-refractivity contribution in [2.45, 2.75) is 26.5 Å². The number of anilines is 4. The lowest BCUT2D eigenvalue weighted by Gasteiger charge is -2.17. The van der Waals surface area contributed by atoms with Crippen LogP contribution in [0.4, 0.5) is 46.0 Å². The Labute approximate surface area is 390 Å². The number of aryl methyl sites for hydroxylation is 1. The minimum Gasteiger partial charge on any atom is -0.505 e. The molecule has 8 rings (SSSR count). The van der Waals surface area contributed by atoms with Gasteiger partial charge in [-0.2, -0.15) is 53.7 Å². The number of rotatable bonds is 13. The summed E-state index contributed by atoms with van der Waals surface area (Å²) < 4.78 is 141. The molecule has 0 saturated heterocycles. The number of benzene rings is 7. The first-order valence-electron chi connectivity index (χ1n) is 19.3. The van der Waals surface area contributed by atoms with Gasteiger partial charge in [0.1, 0.15) is 21.2 Å². The van der Waals surface area contributed by atoms with Gasteiger partial charge in [-0.3, -0.25) is 18.2 Å². The first-order valence-corrected chi connectivity index (χ1v) is 25.1. The number of fused-ring (bicyclic) bond motifs is 2. The minimum atomic E-state index is -5.48. The molecule has 0 aliphatic rings. The van der Waals surface area contributed by atoms with E-state index in [-0.39, 0.29) is 22.4 Å². The fourth-order valence-electron chi connectivity index (χ4n) is 6.80. The van der Waals surface area contributed by atoms with E-state index in [2.05, 4.69) is 46.0 Å². The van der Waals surface area contributed by atoms with Crippen molar-refractivity contribution < 1.29 is 62.1 Å². The second kappa shape index (κ2) is 18.0. The van der Waals surface area contributed by atoms with Gasteiger partial charge in [0.25, 0.3) is 40.5 Å². The Morgan fingerprint density at radius 1 is 0.507 bits per heavy atom. The fourth-order valence-corrected chi connectivity index (χ4v) is 9.18. The molecule has 1 heterocycles. The maximum absolute atomic E-state index is 13.2. The summed E-state index contributed by atoms with van der Waals surface area (Å²) in [7, 11) is -20.8. The third-order valence-electron chi connectivity index (χ3n) is 9.97. The number of aromatic nitrogens is 3. The lowest BCUT2D eigenvalue weighted by molar-refractivity contribution is 0.430. The molecule has 352 valence electrons. The summed E-state index contributed by atoms with van der Waals surface area (Å²) in [5, 5.41) is 42.8. The van der Waals surface area contributed by atoms with E-state index in [0.717, 1.165) is 47.0 Å². The van der Waals surface area contributed by atoms with Crippen molar-refractivity contribution in [2.24, 2.45) is 20.5 Å². The highest BCUT2D eigenvalue weighted by Crippen LogP contribution is 2.50. The number of nitrogens with zero attached hydrogens (tertiary/aromatic N) is 7. The summed E-state index contributed by atoms with van der Waals surface area (Å²) in [6.07, 6.45) is 0. The molecule has 8 aromatic rings. The molecule has 0 aliphatic carbocycles. The van der Waals surface area contributed by atoms with Gasteiger partial charge in [0.2, 0.25) is 11.9 Å². The first kappa shape index (κ1) is 47.6. The number of nitrogens with one attached hydrogen (secondary N) is 2. The van der Waals surface area contributed by atoms with Crippen molar-refractivity contribution in [2.75, 3.05) is 10.6 Å². The van der Waals surface area contributed by atoms with Crippen LogP contribution in [0.3, 0.4) is 0 Å². The van der Waals surface area contributed by atoms with Crippen LogP contribution in [0.1, 0.15) is 5.56 Å². The van der Waals surface area contributed by atoms with Crippen LogP contribution in [0.25, 0.3) is 32.7 Å². The van der Waals surface area contributed by atoms with Crippen molar-refractivity contribution in [3.8, 4) is 22.9 Å². The second-order valence-electron chi connectivity index (χ2n) is 14.7. The summed E-state index contributed by atoms with van der Waals surface area (Å²) in [6, 6.07) is 27.2. The van der Waals surface area contributed by atoms with E-state index in [1.807, 2.05) is 31.2 Å². The molecule has 23 nitrogen and oxygen atoms in total. The van der Waals surface area contributed by atoms with Gasteiger partial charge < -0.3 is 20.8 Å². The molecule has 0 atom stereocenters. The normalized spacial score (nSPS) is 12.6. The van der Waals surface area contributed by atoms with Gasteiger partial charge in [-0.1, -0.05) is 66.2 Å². The molecule has 7 aromatic carbocycles. The quantitative estimate of drug-likeness (QED) is 0.0394. The molecule has 69 heavy (non-hydrogen) atoms. The van der Waals surface area contributed by atoms with Crippen LogP contribution in [-0.4, -0.2) is 77.0 Å². The zero-order chi connectivity index (χ0) is 49.6. The van der Waals surface area contributed by atoms with Crippen molar-refractivity contribution >= 4 is 108 Å². The monoisotopic (exact) mass is 1010 g/mol. The van der Waals surface area contributed by atoms with E-state index in [9.17, 15) is 62.1 Å². The van der Waals surface area contributed by atoms with Crippen molar-refractivity contribution in [3.63, 3.8) is 0 Å². The van der Waals surface area contributed by atoms with E-state index in [1.54, 1.807) is 42.5 Å². The topological polar surface area (TPSA) is 370 Å². The van der Waals surface area contributed by atoms with Gasteiger partial charge in [-0.05, 0) is 89.5 Å². The zero-order valence-electron chi connectivity index (χ0n) is 34.8. The van der Waals surface area contributed by atoms with E-state index in [0.29, 0.717) is 17.8 Å². The van der Waals surface area contributed by atoms with E-state index in [4.69, 9.17) is 0 Å². The molecule has 0 fully saturated rings. The number of phenolic OH excluding ortho intramolecular Hbond substituents is 1. The van der Waals surface area contributed by atoms with Gasteiger partial charge in [0.05, 0.1) is 32.2 Å². The lowest BCUT2D eigenvalue weighted by atomic mass is 10.0. The molecule has 0 saturated carbocycles. The number of hydrogen-bond acceptors (Lipinski definition) is 19. The van der Waals surface area contributed by atoms with Gasteiger partial charge in [-0.15, -0.1) is 15.3 Å². The third kappa shape index (κ3) is 10.5. The van der Waals surface area contributed by atoms with Crippen LogP contribution >= 0.6 is 0 Å². The van der Waals surface area contributed by atoms with Gasteiger partial charge >= 0.3 is 6.01 Å². The molecule has 0 radical (unpaired) electrons. The van der Waals surface area contributed by atoms with Crippen LogP contribution in [0.2, 0.25) is 0 Å². The molecule has 0 amide bonds. The van der Waals surface area contributed by atoms with Gasteiger partial charge in [-0.25, -0.2) is 0 Å². The van der Waals surface area contributed by atoms with E-state index < -0.39 is 111 Å². The number of aromatic hydroxyl groups is 2. The van der Waals surface area contributed by atoms with Gasteiger partial charge in [0, 0.05) is 11.1 Å². The van der Waals surface area contributed by atoms with Crippen LogP contribution in [-0.2, 0) is 40.5 Å². The number of azo groups is 2. The molecule has 0 bridgehead atoms. The van der Waals surface area contributed by atoms with Crippen molar-refractivity contribution in [1.29, 1.82) is 0 Å². The van der Waals surface area contributed by atoms with Gasteiger partial charge in [0.15, 0.2) is 5.75 Å². The number of hydrogen-bond donors (Lipinski definition) is 8. The second-order valence-corrected chi connectivity index (χ2v) is 20.3. The minimum absolute atomic E-state index is 0.100. The predicted octanol–water partition coefficient (Wildman–Crippen LogP) is 8.87. The molecule has 1 aromatic heterocycles. The maximum Gasteiger partial charge on any atom is 0.320 e. The Bertz CT molecular complexity index is 3920. The summed E-state index contributed by atoms with van der Waals surface area (Å²) in [5.74, 6) is -2.07. The molecular weight excluding hydrogens is 983 g/mol. The zero-order valence-corrected chi connectivity index (χ0v) is 38.0. The Morgan fingerprint density at radius 3 is 1.65 bits per heavy atom. The summed E-state index contributed by atoms with van der Waals surface area (Å²) in [4.78, 5) is 8.06. The Balaban J connectivity index is 1.38. The number of para-hydroxylation sites is 1. The largest absolute Gasteiger partial charge is 0.505 e. The highest BCUT2D eigenvalue weighted by atomic mass is 32.2. The van der Waals surface area contributed by atoms with Crippen molar-refractivity contribution in [3.05, 3.63) is 127 Å². The Kier molecular flexibility index (Phi) is 12.4. The van der Waals surface area contributed by atoms with Crippen LogP contribution in [0.15, 0.2) is 161 Å². The third-order valence-corrected chi connectivity index (χ3v) is 13.4. The maximum atomic E-state index is 13.2. The molecule has 0 unspecified atom stereocenters. The SMILES string of the molecule is Cc1ccc(-c2ccc(/N=N/c3c(S(=O)(=O)O)cc4cc(S(=O)(=O)O)c(/N=N/c5cc(S(=O)(=O)O)cc6cc(S(=O)(=O)O)ccc56)c(O)c4c3Nc3nc(O)nc(Nc4ccccc4)n3)cc2)cc1. The summed E-state index contributed by atoms with van der Waals surface area (Å²) in [6.45, 7) is 1.93. The highest BCUT2D eigenvalue weighted by molar-refractivity contribution is 7.86. The average Bonchev–Trinajstić information content (AvgIpc) is 3.27. The Morgan fingerprint density at radius 2 is 1.06 bits per heavy atom. The predicted molar refractivity (Wildman–Crippen MR) is 248 cm³/mol. The fraction of sp³-hybridized carbons (Fsp3) is 0.0238. The first-order chi connectivity index (χ1) is 32.4. The molecule has 8 N–H and O–H groups in total. The van der Waals surface area contributed by atoms with Crippen LogP contribution < -0.4 is 10.6 Å². The van der Waals surface area contributed by atoms with Crippen LogP contribution in [0.5, 0.6) is 11.8 Å². The van der Waals surface area contributed by atoms with E-state index >= 15 is 0 Å². The standard InChI is InChI=1S/C42H31N9O14S4/c1-22-7-9-23(10-8-22)24-11-13-28(14-12-24)48-50-36-33(68(60,61)62)19-26-20-34(69(63,64)65)37(51-49-32-21-30(67(57,58)59)18-25-17-29(66(54,55)56)15-16-31(25)32)39(52)35(26)38(36)44-41-45-40(46-42(53)47-41)43-27-5-3-2-4-6-27/h2-21,52H,1H3,(H,54,55,56)(H,57,58,59)(H,60,61,62)(H,63,64,65)(H3,43,44,45,46,47,53)/b50-48+,51-49+. The molecule has 0 spiro atoms. The molecule has 0 aliphatic heterocycles. The lowest BCUT2D eigenvalue weighted by Crippen LogP contribution is -2.07. The molecular formula is C42H31N9O14S4. The van der Waals surface area contributed by atoms with Crippen molar-refractivity contribution in [1.82, 2.24) is 15.0 Å². The molecule has 27 heteroatoms. The average molecular weight is 1010 g/mol. The van der Waals surface area contributed by atoms with Crippen LogP contribution in [0, 0.1) is 6.92 Å². The number of phenols is 1. The van der Waals surface area contributed by atoms with E-state index in [1.165, 1.54) is 12.1 Å². The smallest absolute Gasteiger partial charge is 0.320 e. The summed E-state index contributed by atoms with van der Waals surface area (Å²) in [5.41, 5.74) is 0.216.